The number of fused-ring (bicyclic) bond motifs is 1. The summed E-state index contributed by atoms with van der Waals surface area (Å²) >= 11 is 0. The number of β-amino-alcohol motifs (C(OH)–C–C–N with tert-alkyl or cyclic N) is 1. The van der Waals surface area contributed by atoms with Crippen LogP contribution in [0.15, 0.2) is 48.7 Å². The van der Waals surface area contributed by atoms with Gasteiger partial charge < -0.3 is 24.5 Å². The lowest BCUT2D eigenvalue weighted by Crippen LogP contribution is -2.40. The summed E-state index contributed by atoms with van der Waals surface area (Å²) in [6, 6.07) is 12.4. The number of H-pyrrole nitrogens is 1. The molecule has 1 aliphatic rings. The maximum atomic E-state index is 13.6. The molecule has 0 unspecified atom stereocenters. The van der Waals surface area contributed by atoms with Crippen LogP contribution in [0.3, 0.4) is 0 Å². The first-order valence-corrected chi connectivity index (χ1v) is 10.1. The minimum Gasteiger partial charge on any atom is -0.497 e. The molecule has 3 aromatic rings. The summed E-state index contributed by atoms with van der Waals surface area (Å²) in [4.78, 5) is 5.61. The summed E-state index contributed by atoms with van der Waals surface area (Å²) < 4.78 is 24.4. The van der Waals surface area contributed by atoms with Gasteiger partial charge in [-0.05, 0) is 67.7 Å². The molecule has 1 atom stereocenters. The second kappa shape index (κ2) is 8.84. The number of methoxy groups -OCH3 is 1. The van der Waals surface area contributed by atoms with Crippen LogP contribution in [0.1, 0.15) is 24.3 Å². The van der Waals surface area contributed by atoms with E-state index >= 15 is 0 Å². The molecule has 2 aromatic carbocycles. The van der Waals surface area contributed by atoms with Crippen molar-refractivity contribution in [2.45, 2.75) is 24.9 Å². The van der Waals surface area contributed by atoms with Gasteiger partial charge in [-0.3, -0.25) is 0 Å². The first-order valence-electron chi connectivity index (χ1n) is 10.1. The molecule has 2 N–H and O–H groups in total. The van der Waals surface area contributed by atoms with E-state index in [0.29, 0.717) is 12.5 Å². The minimum atomic E-state index is -0.650. The van der Waals surface area contributed by atoms with E-state index in [9.17, 15) is 9.50 Å². The topological polar surface area (TPSA) is 57.7 Å². The van der Waals surface area contributed by atoms with E-state index in [1.807, 2.05) is 6.07 Å². The number of benzene rings is 2. The summed E-state index contributed by atoms with van der Waals surface area (Å²) in [7, 11) is 1.69. The molecule has 0 aliphatic carbocycles. The predicted molar refractivity (Wildman–Crippen MR) is 111 cm³/mol. The highest BCUT2D eigenvalue weighted by Gasteiger charge is 2.24. The largest absolute Gasteiger partial charge is 0.497 e. The molecule has 2 heterocycles. The van der Waals surface area contributed by atoms with Crippen molar-refractivity contribution in [2.75, 3.05) is 33.4 Å². The monoisotopic (exact) mass is 398 g/mol. The highest BCUT2D eigenvalue weighted by Crippen LogP contribution is 2.34. The van der Waals surface area contributed by atoms with Crippen LogP contribution < -0.4 is 9.47 Å². The Morgan fingerprint density at radius 1 is 1.21 bits per heavy atom. The molecule has 0 spiro atoms. The number of aliphatic hydroxyl groups excluding tert-OH is 1. The van der Waals surface area contributed by atoms with Gasteiger partial charge in [-0.1, -0.05) is 12.1 Å². The van der Waals surface area contributed by atoms with Gasteiger partial charge in [0.05, 0.1) is 7.11 Å². The van der Waals surface area contributed by atoms with E-state index < -0.39 is 11.9 Å². The normalized spacial score (nSPS) is 16.8. The van der Waals surface area contributed by atoms with Crippen molar-refractivity contribution >= 4 is 10.9 Å². The van der Waals surface area contributed by atoms with Crippen molar-refractivity contribution in [1.29, 1.82) is 0 Å². The molecule has 1 saturated heterocycles. The van der Waals surface area contributed by atoms with E-state index in [1.54, 1.807) is 25.3 Å². The molecule has 1 aliphatic heterocycles. The Bertz CT molecular complexity index is 950. The molecule has 0 radical (unpaired) electrons. The molecule has 5 nitrogen and oxygen atoms in total. The fourth-order valence-corrected chi connectivity index (χ4v) is 4.11. The van der Waals surface area contributed by atoms with Gasteiger partial charge in [0.1, 0.15) is 18.5 Å². The quantitative estimate of drug-likeness (QED) is 0.633. The lowest BCUT2D eigenvalue weighted by Gasteiger charge is -2.33. The molecular weight excluding hydrogens is 371 g/mol. The molecule has 0 amide bonds. The lowest BCUT2D eigenvalue weighted by molar-refractivity contribution is 0.0583. The van der Waals surface area contributed by atoms with Crippen molar-refractivity contribution in [3.05, 3.63) is 60.0 Å². The average molecular weight is 398 g/mol. The number of hydrogen-bond acceptors (Lipinski definition) is 4. The lowest BCUT2D eigenvalue weighted by atomic mass is 9.89. The maximum absolute atomic E-state index is 13.6. The zero-order valence-electron chi connectivity index (χ0n) is 16.6. The number of aliphatic hydroxyl groups is 1. The number of para-hydroxylation sites is 1. The molecule has 1 aromatic heterocycles. The van der Waals surface area contributed by atoms with Crippen molar-refractivity contribution in [3.8, 4) is 11.5 Å². The first kappa shape index (κ1) is 19.7. The smallest absolute Gasteiger partial charge is 0.165 e. The maximum Gasteiger partial charge on any atom is 0.165 e. The summed E-state index contributed by atoms with van der Waals surface area (Å²) in [6.07, 6.45) is 3.53. The number of aromatic amines is 1. The van der Waals surface area contributed by atoms with Crippen LogP contribution in [0.2, 0.25) is 0 Å². The van der Waals surface area contributed by atoms with Gasteiger partial charge in [0.25, 0.3) is 0 Å². The third-order valence-corrected chi connectivity index (χ3v) is 5.69. The van der Waals surface area contributed by atoms with Gasteiger partial charge in [-0.25, -0.2) is 4.39 Å². The summed E-state index contributed by atoms with van der Waals surface area (Å²) in [5, 5.41) is 11.5. The molecule has 1 fully saturated rings. The molecular formula is C23H27FN2O3. The van der Waals surface area contributed by atoms with Crippen molar-refractivity contribution in [1.82, 2.24) is 9.88 Å². The zero-order chi connectivity index (χ0) is 20.2. The Kier molecular flexibility index (Phi) is 6.02. The number of aromatic nitrogens is 1. The van der Waals surface area contributed by atoms with E-state index in [1.165, 1.54) is 17.0 Å². The average Bonchev–Trinajstić information content (AvgIpc) is 3.17. The standard InChI is InChI=1S/C23H27FN2O3/c1-28-18-6-7-22-19(12-18)20(13-25-22)16-8-10-26(11-9-16)14-17(27)15-29-23-5-3-2-4-21(23)24/h2-7,12-13,16-17,25,27H,8-11,14-15H2,1H3/t17-/m1/s1. The van der Waals surface area contributed by atoms with Crippen LogP contribution in [0, 0.1) is 5.82 Å². The number of hydrogen-bond donors (Lipinski definition) is 2. The van der Waals surface area contributed by atoms with E-state index in [2.05, 4.69) is 28.2 Å². The van der Waals surface area contributed by atoms with Gasteiger partial charge in [0.15, 0.2) is 11.6 Å². The Hall–Kier alpha value is -2.57. The van der Waals surface area contributed by atoms with E-state index in [0.717, 1.165) is 37.2 Å². The van der Waals surface area contributed by atoms with Gasteiger partial charge >= 0.3 is 0 Å². The number of ether oxygens (including phenoxy) is 2. The Labute approximate surface area is 170 Å². The number of nitrogens with zero attached hydrogens (tertiary/aromatic N) is 1. The number of nitrogens with one attached hydrogen (secondary N) is 1. The molecule has 154 valence electrons. The van der Waals surface area contributed by atoms with Crippen LogP contribution >= 0.6 is 0 Å². The summed E-state index contributed by atoms with van der Waals surface area (Å²) in [6.45, 7) is 2.45. The SMILES string of the molecule is COc1ccc2[nH]cc(C3CCN(C[C@@H](O)COc4ccccc4F)CC3)c2c1. The second-order valence-electron chi connectivity index (χ2n) is 7.63. The fraction of sp³-hybridized carbons (Fsp3) is 0.391. The van der Waals surface area contributed by atoms with Gasteiger partial charge in [0.2, 0.25) is 0 Å². The second-order valence-corrected chi connectivity index (χ2v) is 7.63. The molecule has 29 heavy (non-hydrogen) atoms. The summed E-state index contributed by atoms with van der Waals surface area (Å²) in [5.74, 6) is 1.13. The Balaban J connectivity index is 1.30. The first-order chi connectivity index (χ1) is 14.1. The zero-order valence-corrected chi connectivity index (χ0v) is 16.6. The van der Waals surface area contributed by atoms with Crippen molar-refractivity contribution < 1.29 is 19.0 Å². The Morgan fingerprint density at radius 3 is 2.76 bits per heavy atom. The van der Waals surface area contributed by atoms with Gasteiger partial charge in [0, 0.05) is 23.6 Å². The van der Waals surface area contributed by atoms with Crippen LogP contribution in [-0.4, -0.2) is 54.4 Å². The Morgan fingerprint density at radius 2 is 2.00 bits per heavy atom. The molecule has 4 rings (SSSR count). The third kappa shape index (κ3) is 4.54. The van der Waals surface area contributed by atoms with Crippen molar-refractivity contribution in [3.63, 3.8) is 0 Å². The van der Waals surface area contributed by atoms with Crippen molar-refractivity contribution in [2.24, 2.45) is 0 Å². The van der Waals surface area contributed by atoms with Gasteiger partial charge in [-0.2, -0.15) is 0 Å². The third-order valence-electron chi connectivity index (χ3n) is 5.69. The van der Waals surface area contributed by atoms with Gasteiger partial charge in [-0.15, -0.1) is 0 Å². The fourth-order valence-electron chi connectivity index (χ4n) is 4.11. The minimum absolute atomic E-state index is 0.0864. The van der Waals surface area contributed by atoms with Crippen LogP contribution in [0.5, 0.6) is 11.5 Å². The highest BCUT2D eigenvalue weighted by molar-refractivity contribution is 5.85. The van der Waals surface area contributed by atoms with Crippen LogP contribution in [-0.2, 0) is 0 Å². The predicted octanol–water partition coefficient (Wildman–Crippen LogP) is 3.93. The number of likely N-dealkylation sites (tertiary alicyclic amines) is 1. The van der Waals surface area contributed by atoms with E-state index in [-0.39, 0.29) is 12.4 Å². The highest BCUT2D eigenvalue weighted by atomic mass is 19.1. The number of rotatable bonds is 7. The molecule has 6 heteroatoms. The van der Waals surface area contributed by atoms with Crippen LogP contribution in [0.4, 0.5) is 4.39 Å². The number of halogens is 1. The van der Waals surface area contributed by atoms with E-state index in [4.69, 9.17) is 9.47 Å². The molecule has 0 bridgehead atoms. The molecule has 0 saturated carbocycles. The summed E-state index contributed by atoms with van der Waals surface area (Å²) in [5.41, 5.74) is 2.46. The number of piperidine rings is 1. The van der Waals surface area contributed by atoms with Crippen LogP contribution in [0.25, 0.3) is 10.9 Å².